The first-order valence-electron chi connectivity index (χ1n) is 7.43. The Hall–Kier alpha value is -1.28. The van der Waals surface area contributed by atoms with Crippen molar-refractivity contribution in [3.63, 3.8) is 0 Å². The van der Waals surface area contributed by atoms with E-state index in [1.807, 2.05) is 24.3 Å². The molecule has 0 amide bonds. The van der Waals surface area contributed by atoms with Gasteiger partial charge in [-0.25, -0.2) is 0 Å². The van der Waals surface area contributed by atoms with Crippen molar-refractivity contribution >= 4 is 23.4 Å². The first kappa shape index (κ1) is 15.1. The Morgan fingerprint density at radius 1 is 1.30 bits per heavy atom. The van der Waals surface area contributed by atoms with E-state index in [4.69, 9.17) is 11.6 Å². The quantitative estimate of drug-likeness (QED) is 0.442. The fourth-order valence-corrected chi connectivity index (χ4v) is 3.04. The van der Waals surface area contributed by atoms with Gasteiger partial charge < -0.3 is 5.21 Å². The third-order valence-electron chi connectivity index (χ3n) is 3.92. The van der Waals surface area contributed by atoms with Gasteiger partial charge in [-0.1, -0.05) is 48.7 Å². The van der Waals surface area contributed by atoms with Crippen molar-refractivity contribution in [2.75, 3.05) is 0 Å². The summed E-state index contributed by atoms with van der Waals surface area (Å²) < 4.78 is 0. The molecule has 1 fully saturated rings. The van der Waals surface area contributed by atoms with Crippen molar-refractivity contribution in [2.24, 2.45) is 11.1 Å². The Morgan fingerprint density at radius 2 is 2.05 bits per heavy atom. The average Bonchev–Trinajstić information content (AvgIpc) is 2.64. The minimum Gasteiger partial charge on any atom is -0.411 e. The molecule has 1 unspecified atom stereocenters. The van der Waals surface area contributed by atoms with Gasteiger partial charge in [-0.2, -0.15) is 0 Å². The molecule has 2 nitrogen and oxygen atoms in total. The lowest BCUT2D eigenvalue weighted by Gasteiger charge is -2.16. The summed E-state index contributed by atoms with van der Waals surface area (Å²) in [7, 11) is 0. The van der Waals surface area contributed by atoms with E-state index in [0.717, 1.165) is 42.0 Å². The van der Waals surface area contributed by atoms with Crippen LogP contribution in [0.15, 0.2) is 35.0 Å². The highest BCUT2D eigenvalue weighted by Crippen LogP contribution is 2.29. The van der Waals surface area contributed by atoms with Crippen molar-refractivity contribution < 1.29 is 5.21 Å². The second-order valence-electron chi connectivity index (χ2n) is 5.44. The van der Waals surface area contributed by atoms with Crippen LogP contribution in [-0.4, -0.2) is 10.9 Å². The highest BCUT2D eigenvalue weighted by atomic mass is 35.5. The number of allylic oxidation sites excluding steroid dienone is 1. The average molecular weight is 292 g/mol. The molecule has 0 aromatic heterocycles. The Morgan fingerprint density at radius 3 is 2.70 bits per heavy atom. The molecular weight excluding hydrogens is 270 g/mol. The largest absolute Gasteiger partial charge is 0.411 e. The first-order chi connectivity index (χ1) is 9.74. The lowest BCUT2D eigenvalue weighted by atomic mass is 9.90. The molecule has 0 spiro atoms. The zero-order valence-electron chi connectivity index (χ0n) is 12.0. The van der Waals surface area contributed by atoms with E-state index in [1.54, 1.807) is 0 Å². The van der Waals surface area contributed by atoms with Gasteiger partial charge in [-0.3, -0.25) is 0 Å². The molecule has 0 aliphatic heterocycles. The number of benzene rings is 1. The van der Waals surface area contributed by atoms with Gasteiger partial charge >= 0.3 is 0 Å². The summed E-state index contributed by atoms with van der Waals surface area (Å²) in [5, 5.41) is 13.8. The van der Waals surface area contributed by atoms with E-state index in [2.05, 4.69) is 18.2 Å². The van der Waals surface area contributed by atoms with E-state index < -0.39 is 0 Å². The van der Waals surface area contributed by atoms with E-state index >= 15 is 0 Å². The zero-order chi connectivity index (χ0) is 14.4. The topological polar surface area (TPSA) is 32.6 Å². The van der Waals surface area contributed by atoms with E-state index in [1.165, 1.54) is 18.4 Å². The molecule has 0 saturated heterocycles. The molecule has 1 atom stereocenters. The summed E-state index contributed by atoms with van der Waals surface area (Å²) in [6.45, 7) is 2.18. The maximum Gasteiger partial charge on any atom is 0.0858 e. The van der Waals surface area contributed by atoms with Gasteiger partial charge in [0.05, 0.1) is 5.71 Å². The Kier molecular flexibility index (Phi) is 5.66. The van der Waals surface area contributed by atoms with Crippen LogP contribution in [0.3, 0.4) is 0 Å². The van der Waals surface area contributed by atoms with Crippen LogP contribution in [0.25, 0.3) is 6.08 Å². The normalized spacial score (nSPS) is 24.0. The van der Waals surface area contributed by atoms with Gasteiger partial charge in [-0.05, 0) is 55.0 Å². The number of rotatable bonds is 3. The van der Waals surface area contributed by atoms with Crippen LogP contribution in [0.1, 0.15) is 51.0 Å². The van der Waals surface area contributed by atoms with Crippen molar-refractivity contribution in [3.05, 3.63) is 40.4 Å². The molecule has 0 radical (unpaired) electrons. The number of hydrogen-bond donors (Lipinski definition) is 1. The predicted molar refractivity (Wildman–Crippen MR) is 85.5 cm³/mol. The Labute approximate surface area is 126 Å². The molecule has 1 saturated carbocycles. The second-order valence-corrected chi connectivity index (χ2v) is 5.87. The molecule has 1 aliphatic carbocycles. The summed E-state index contributed by atoms with van der Waals surface area (Å²) in [5.74, 6) is 0.394. The lowest BCUT2D eigenvalue weighted by Crippen LogP contribution is -2.15. The Balaban J connectivity index is 2.28. The van der Waals surface area contributed by atoms with Gasteiger partial charge in [0.15, 0.2) is 0 Å². The summed E-state index contributed by atoms with van der Waals surface area (Å²) in [6, 6.07) is 7.79. The molecule has 0 bridgehead atoms. The van der Waals surface area contributed by atoms with Crippen molar-refractivity contribution in [1.82, 2.24) is 0 Å². The van der Waals surface area contributed by atoms with Gasteiger partial charge in [-0.15, -0.1) is 0 Å². The standard InChI is InChI=1S/C17H22ClNO/c1-2-5-14-6-3-4-7-15(17(14)19-20)12-13-8-10-16(18)11-9-13/h8-12,14,20H,2-7H2,1H3. The SMILES string of the molecule is CCCC1CCCCC(=Cc2ccc(Cl)cc2)C1=NO. The van der Waals surface area contributed by atoms with Crippen LogP contribution >= 0.6 is 11.6 Å². The summed E-state index contributed by atoms with van der Waals surface area (Å²) in [6.07, 6.45) is 8.85. The number of nitrogens with zero attached hydrogens (tertiary/aromatic N) is 1. The second kappa shape index (κ2) is 7.49. The lowest BCUT2D eigenvalue weighted by molar-refractivity contribution is 0.314. The maximum absolute atomic E-state index is 9.43. The fourth-order valence-electron chi connectivity index (χ4n) is 2.91. The maximum atomic E-state index is 9.43. The number of oxime groups is 1. The van der Waals surface area contributed by atoms with E-state index in [0.29, 0.717) is 5.92 Å². The van der Waals surface area contributed by atoms with Crippen molar-refractivity contribution in [3.8, 4) is 0 Å². The molecule has 3 heteroatoms. The van der Waals surface area contributed by atoms with E-state index in [9.17, 15) is 5.21 Å². The smallest absolute Gasteiger partial charge is 0.0858 e. The van der Waals surface area contributed by atoms with Gasteiger partial charge in [0, 0.05) is 10.9 Å². The molecule has 1 aromatic rings. The molecule has 1 N–H and O–H groups in total. The molecule has 0 heterocycles. The van der Waals surface area contributed by atoms with Gasteiger partial charge in [0.2, 0.25) is 0 Å². The number of halogens is 1. The van der Waals surface area contributed by atoms with Crippen LogP contribution in [0.4, 0.5) is 0 Å². The molecule has 2 rings (SSSR count). The van der Waals surface area contributed by atoms with Crippen molar-refractivity contribution in [2.45, 2.75) is 45.4 Å². The van der Waals surface area contributed by atoms with Crippen LogP contribution < -0.4 is 0 Å². The number of hydrogen-bond acceptors (Lipinski definition) is 2. The third-order valence-corrected chi connectivity index (χ3v) is 4.17. The van der Waals surface area contributed by atoms with Crippen LogP contribution in [0.5, 0.6) is 0 Å². The van der Waals surface area contributed by atoms with E-state index in [-0.39, 0.29) is 0 Å². The van der Waals surface area contributed by atoms with Crippen molar-refractivity contribution in [1.29, 1.82) is 0 Å². The summed E-state index contributed by atoms with van der Waals surface area (Å²) in [5.41, 5.74) is 3.17. The minimum atomic E-state index is 0.394. The van der Waals surface area contributed by atoms with Crippen LogP contribution in [-0.2, 0) is 0 Å². The Bertz CT molecular complexity index is 490. The van der Waals surface area contributed by atoms with Crippen LogP contribution in [0, 0.1) is 5.92 Å². The fraction of sp³-hybridized carbons (Fsp3) is 0.471. The highest BCUT2D eigenvalue weighted by Gasteiger charge is 2.22. The molecule has 108 valence electrons. The molecular formula is C17H22ClNO. The molecule has 1 aliphatic rings. The molecule has 20 heavy (non-hydrogen) atoms. The van der Waals surface area contributed by atoms with Gasteiger partial charge in [0.1, 0.15) is 0 Å². The summed E-state index contributed by atoms with van der Waals surface area (Å²) >= 11 is 5.92. The highest BCUT2D eigenvalue weighted by molar-refractivity contribution is 6.30. The van der Waals surface area contributed by atoms with Gasteiger partial charge in [0.25, 0.3) is 0 Å². The third kappa shape index (κ3) is 3.86. The molecule has 1 aromatic carbocycles. The first-order valence-corrected chi connectivity index (χ1v) is 7.81. The monoisotopic (exact) mass is 291 g/mol. The predicted octanol–water partition coefficient (Wildman–Crippen LogP) is 5.54. The summed E-state index contributed by atoms with van der Waals surface area (Å²) in [4.78, 5) is 0. The van der Waals surface area contributed by atoms with Crippen LogP contribution in [0.2, 0.25) is 5.02 Å². The zero-order valence-corrected chi connectivity index (χ0v) is 12.7. The minimum absolute atomic E-state index is 0.394.